The zero-order valence-corrected chi connectivity index (χ0v) is 58.1. The summed E-state index contributed by atoms with van der Waals surface area (Å²) in [6.07, 6.45) is 106. The number of hydrogen-bond donors (Lipinski definition) is 1. The van der Waals surface area contributed by atoms with Crippen LogP contribution in [-0.2, 0) is 19.1 Å². The molecule has 0 aromatic heterocycles. The molecule has 0 fully saturated rings. The van der Waals surface area contributed by atoms with Crippen molar-refractivity contribution in [2.45, 2.75) is 431 Å². The third-order valence-corrected chi connectivity index (χ3v) is 17.8. The zero-order valence-electron chi connectivity index (χ0n) is 58.1. The van der Waals surface area contributed by atoms with Gasteiger partial charge >= 0.3 is 11.9 Å². The monoisotopic (exact) mass is 1200 g/mol. The summed E-state index contributed by atoms with van der Waals surface area (Å²) in [6, 6.07) is 0. The van der Waals surface area contributed by atoms with Gasteiger partial charge in [-0.1, -0.05) is 396 Å². The number of carbonyl (C=O) groups is 2. The molecule has 0 aromatic rings. The number of aliphatic hydroxyl groups is 1. The maximum Gasteiger partial charge on any atom is 0.306 e. The summed E-state index contributed by atoms with van der Waals surface area (Å²) in [5, 5.41) is 9.72. The molecule has 1 N–H and O–H groups in total. The highest BCUT2D eigenvalue weighted by Crippen LogP contribution is 2.20. The minimum Gasteiger partial charge on any atom is -0.462 e. The Morgan fingerprint density at radius 3 is 0.767 bits per heavy atom. The summed E-state index contributed by atoms with van der Waals surface area (Å²) in [4.78, 5) is 24.7. The number of carbonyl (C=O) groups excluding carboxylic acids is 2. The predicted octanol–water partition coefficient (Wildman–Crippen LogP) is 27.2. The molecule has 0 aliphatic rings. The molecule has 0 saturated carbocycles. The first-order valence-electron chi connectivity index (χ1n) is 38.8. The highest BCUT2D eigenvalue weighted by Gasteiger charge is 2.16. The molecule has 5 heteroatoms. The third-order valence-electron chi connectivity index (χ3n) is 17.8. The molecule has 1 atom stereocenters. The minimum atomic E-state index is -0.771. The Bertz CT molecular complexity index is 1460. The lowest BCUT2D eigenvalue weighted by Crippen LogP contribution is -2.28. The van der Waals surface area contributed by atoms with Crippen molar-refractivity contribution in [1.29, 1.82) is 0 Å². The van der Waals surface area contributed by atoms with Crippen LogP contribution in [0.25, 0.3) is 0 Å². The van der Waals surface area contributed by atoms with E-state index in [2.05, 4.69) is 74.6 Å². The molecule has 0 saturated heterocycles. The molecule has 0 bridgehead atoms. The normalized spacial score (nSPS) is 12.5. The molecule has 5 nitrogen and oxygen atoms in total. The van der Waals surface area contributed by atoms with Gasteiger partial charge in [0.05, 0.1) is 6.61 Å². The van der Waals surface area contributed by atoms with Crippen LogP contribution in [0.1, 0.15) is 425 Å². The van der Waals surface area contributed by atoms with E-state index in [1.165, 1.54) is 340 Å². The Hall–Kier alpha value is -2.40. The number of ether oxygens (including phenoxy) is 2. The lowest BCUT2D eigenvalue weighted by atomic mass is 10.0. The van der Waals surface area contributed by atoms with Crippen molar-refractivity contribution in [3.63, 3.8) is 0 Å². The molecular weight excluding hydrogens is 1050 g/mol. The van der Waals surface area contributed by atoms with Crippen molar-refractivity contribution in [2.24, 2.45) is 0 Å². The van der Waals surface area contributed by atoms with Gasteiger partial charge in [-0.15, -0.1) is 0 Å². The quantitative estimate of drug-likeness (QED) is 0.0373. The predicted molar refractivity (Wildman–Crippen MR) is 380 cm³/mol. The fourth-order valence-corrected chi connectivity index (χ4v) is 12.0. The summed E-state index contributed by atoms with van der Waals surface area (Å²) in [5.74, 6) is -0.564. The van der Waals surface area contributed by atoms with Crippen molar-refractivity contribution < 1.29 is 24.2 Å². The zero-order chi connectivity index (χ0) is 61.9. The Kier molecular flexibility index (Phi) is 74.7. The van der Waals surface area contributed by atoms with Crippen molar-refractivity contribution in [3.8, 4) is 0 Å². The van der Waals surface area contributed by atoms with Crippen molar-refractivity contribution in [3.05, 3.63) is 60.8 Å². The van der Waals surface area contributed by atoms with E-state index in [0.717, 1.165) is 57.8 Å². The number of unbranched alkanes of at least 4 members (excludes halogenated alkanes) is 55. The smallest absolute Gasteiger partial charge is 0.306 e. The molecule has 0 aliphatic heterocycles. The molecule has 0 spiro atoms. The van der Waals surface area contributed by atoms with Gasteiger partial charge < -0.3 is 14.6 Å². The Balaban J connectivity index is 3.36. The van der Waals surface area contributed by atoms with E-state index in [0.29, 0.717) is 12.8 Å². The molecule has 0 aliphatic carbocycles. The van der Waals surface area contributed by atoms with E-state index in [1.807, 2.05) is 0 Å². The lowest BCUT2D eigenvalue weighted by molar-refractivity contribution is -0.161. The molecule has 0 amide bonds. The molecule has 1 unspecified atom stereocenters. The molecule has 0 heterocycles. The fourth-order valence-electron chi connectivity index (χ4n) is 12.0. The number of esters is 2. The van der Waals surface area contributed by atoms with Gasteiger partial charge in [0.2, 0.25) is 0 Å². The second kappa shape index (κ2) is 76.8. The second-order valence-electron chi connectivity index (χ2n) is 26.4. The van der Waals surface area contributed by atoms with Crippen LogP contribution in [0, 0.1) is 0 Å². The summed E-state index contributed by atoms with van der Waals surface area (Å²) in [5.41, 5.74) is 0. The highest BCUT2D eigenvalue weighted by molar-refractivity contribution is 5.70. The van der Waals surface area contributed by atoms with E-state index in [4.69, 9.17) is 9.47 Å². The standard InChI is InChI=1S/C81H150O5/c1-3-5-7-9-11-13-15-17-19-21-23-25-27-29-31-33-35-36-37-38-39-40-41-42-43-44-46-48-50-52-54-56-58-60-62-64-66-68-70-72-74-76-81(84)86-79(77-82)78-85-80(83)75-73-71-69-67-65-63-61-59-57-55-53-51-49-47-45-34-32-30-28-26-24-22-20-18-16-14-12-10-8-6-4-2/h5,7,11,13,17,19,22-25,79,82H,3-4,6,8-10,12,14-16,18,20-21,26-78H2,1-2H3/b7-5-,13-11-,19-17-,24-22-,25-23-. The van der Waals surface area contributed by atoms with Crippen molar-refractivity contribution in [1.82, 2.24) is 0 Å². The first-order valence-corrected chi connectivity index (χ1v) is 38.8. The van der Waals surface area contributed by atoms with Crippen LogP contribution < -0.4 is 0 Å². The Labute approximate surface area is 538 Å². The van der Waals surface area contributed by atoms with Crippen LogP contribution in [-0.4, -0.2) is 36.4 Å². The molecule has 0 rings (SSSR count). The van der Waals surface area contributed by atoms with Crippen molar-refractivity contribution in [2.75, 3.05) is 13.2 Å². The van der Waals surface area contributed by atoms with Crippen LogP contribution >= 0.6 is 0 Å². The number of rotatable bonds is 73. The number of allylic oxidation sites excluding steroid dienone is 10. The van der Waals surface area contributed by atoms with Crippen molar-refractivity contribution >= 4 is 11.9 Å². The summed E-state index contributed by atoms with van der Waals surface area (Å²) in [6.45, 7) is 4.09. The van der Waals surface area contributed by atoms with Gasteiger partial charge in [-0.2, -0.15) is 0 Å². The largest absolute Gasteiger partial charge is 0.462 e. The number of aliphatic hydroxyl groups excluding tert-OH is 1. The van der Waals surface area contributed by atoms with Gasteiger partial charge in [-0.05, 0) is 77.0 Å². The first kappa shape index (κ1) is 83.6. The third kappa shape index (κ3) is 74.1. The van der Waals surface area contributed by atoms with Gasteiger partial charge in [-0.3, -0.25) is 9.59 Å². The first-order chi connectivity index (χ1) is 42.6. The highest BCUT2D eigenvalue weighted by atomic mass is 16.6. The maximum atomic E-state index is 12.4. The van der Waals surface area contributed by atoms with Crippen LogP contribution in [0.2, 0.25) is 0 Å². The fraction of sp³-hybridized carbons (Fsp3) is 0.852. The average molecular weight is 1200 g/mol. The summed E-state index contributed by atoms with van der Waals surface area (Å²) >= 11 is 0. The summed E-state index contributed by atoms with van der Waals surface area (Å²) in [7, 11) is 0. The van der Waals surface area contributed by atoms with Gasteiger partial charge in [0.25, 0.3) is 0 Å². The Morgan fingerprint density at radius 1 is 0.279 bits per heavy atom. The molecule has 504 valence electrons. The molecule has 0 radical (unpaired) electrons. The second-order valence-corrected chi connectivity index (χ2v) is 26.4. The molecular formula is C81H150O5. The van der Waals surface area contributed by atoms with Gasteiger partial charge in [0.1, 0.15) is 6.61 Å². The molecule has 86 heavy (non-hydrogen) atoms. The van der Waals surface area contributed by atoms with E-state index in [9.17, 15) is 14.7 Å². The Morgan fingerprint density at radius 2 is 0.500 bits per heavy atom. The minimum absolute atomic E-state index is 0.0592. The average Bonchev–Trinajstić information content (AvgIpc) is 3.54. The van der Waals surface area contributed by atoms with Gasteiger partial charge in [0, 0.05) is 12.8 Å². The lowest BCUT2D eigenvalue weighted by Gasteiger charge is -2.15. The van der Waals surface area contributed by atoms with E-state index in [1.54, 1.807) is 0 Å². The van der Waals surface area contributed by atoms with E-state index in [-0.39, 0.29) is 25.2 Å². The van der Waals surface area contributed by atoms with Crippen LogP contribution in [0.15, 0.2) is 60.8 Å². The van der Waals surface area contributed by atoms with Crippen LogP contribution in [0.3, 0.4) is 0 Å². The van der Waals surface area contributed by atoms with Crippen LogP contribution in [0.4, 0.5) is 0 Å². The topological polar surface area (TPSA) is 72.8 Å². The van der Waals surface area contributed by atoms with E-state index >= 15 is 0 Å². The number of hydrogen-bond acceptors (Lipinski definition) is 5. The molecule has 0 aromatic carbocycles. The summed E-state index contributed by atoms with van der Waals surface area (Å²) < 4.78 is 10.8. The maximum absolute atomic E-state index is 12.4. The van der Waals surface area contributed by atoms with Gasteiger partial charge in [-0.25, -0.2) is 0 Å². The SMILES string of the molecule is CC/C=C\C/C=C\C/C=C\C/C=C\CCCCCCCCCCCCCCCCCCCCCCCCCCCCCCC(=O)OC(CO)COC(=O)CCCCCCCCCCCCCCCCCCCCC/C=C\CCCCCCCCCC. The van der Waals surface area contributed by atoms with E-state index < -0.39 is 6.10 Å². The van der Waals surface area contributed by atoms with Crippen LogP contribution in [0.5, 0.6) is 0 Å². The van der Waals surface area contributed by atoms with Gasteiger partial charge in [0.15, 0.2) is 6.10 Å².